The number of nitrogens with zero attached hydrogens (tertiary/aromatic N) is 1. The number of rotatable bonds is 8. The van der Waals surface area contributed by atoms with Gasteiger partial charge in [0.15, 0.2) is 0 Å². The SMILES string of the molecule is CCC(NC(=O)C(C)N(c1cccc(C)c1)S(C)(=O)=O)c1ccc(OC)c(C)c1. The van der Waals surface area contributed by atoms with E-state index < -0.39 is 16.1 Å². The fourth-order valence-electron chi connectivity index (χ4n) is 3.41. The number of anilines is 1. The van der Waals surface area contributed by atoms with Gasteiger partial charge >= 0.3 is 0 Å². The van der Waals surface area contributed by atoms with E-state index in [9.17, 15) is 13.2 Å². The lowest BCUT2D eigenvalue weighted by Gasteiger charge is -2.30. The third-order valence-corrected chi connectivity index (χ3v) is 6.13. The Kier molecular flexibility index (Phi) is 7.30. The van der Waals surface area contributed by atoms with Gasteiger partial charge in [-0.05, 0) is 62.1 Å². The van der Waals surface area contributed by atoms with Gasteiger partial charge in [0, 0.05) is 0 Å². The minimum Gasteiger partial charge on any atom is -0.496 e. The summed E-state index contributed by atoms with van der Waals surface area (Å²) < 4.78 is 31.4. The Labute approximate surface area is 173 Å². The molecule has 2 aromatic carbocycles. The second-order valence-electron chi connectivity index (χ2n) is 7.27. The molecule has 2 atom stereocenters. The fraction of sp³-hybridized carbons (Fsp3) is 0.409. The van der Waals surface area contributed by atoms with Gasteiger partial charge in [0.05, 0.1) is 25.1 Å². The zero-order chi connectivity index (χ0) is 21.8. The molecule has 158 valence electrons. The maximum absolute atomic E-state index is 13.0. The van der Waals surface area contributed by atoms with Crippen molar-refractivity contribution in [1.82, 2.24) is 5.32 Å². The molecule has 2 aromatic rings. The first-order valence-corrected chi connectivity index (χ1v) is 11.4. The van der Waals surface area contributed by atoms with Crippen LogP contribution in [0, 0.1) is 13.8 Å². The van der Waals surface area contributed by atoms with E-state index in [-0.39, 0.29) is 11.9 Å². The van der Waals surface area contributed by atoms with E-state index in [1.165, 1.54) is 4.31 Å². The molecule has 7 heteroatoms. The number of sulfonamides is 1. The Balaban J connectivity index is 2.29. The second-order valence-corrected chi connectivity index (χ2v) is 9.13. The first kappa shape index (κ1) is 22.7. The van der Waals surface area contributed by atoms with E-state index in [0.717, 1.165) is 28.7 Å². The molecule has 0 spiro atoms. The average molecular weight is 419 g/mol. The molecule has 6 nitrogen and oxygen atoms in total. The van der Waals surface area contributed by atoms with Crippen LogP contribution < -0.4 is 14.4 Å². The average Bonchev–Trinajstić information content (AvgIpc) is 2.64. The van der Waals surface area contributed by atoms with E-state index in [1.807, 2.05) is 45.0 Å². The highest BCUT2D eigenvalue weighted by Crippen LogP contribution is 2.26. The number of carbonyl (C=O) groups excluding carboxylic acids is 1. The van der Waals surface area contributed by atoms with E-state index in [2.05, 4.69) is 5.32 Å². The summed E-state index contributed by atoms with van der Waals surface area (Å²) in [7, 11) is -2.03. The maximum Gasteiger partial charge on any atom is 0.244 e. The van der Waals surface area contributed by atoms with Gasteiger partial charge < -0.3 is 10.1 Å². The van der Waals surface area contributed by atoms with E-state index in [4.69, 9.17) is 4.74 Å². The first-order chi connectivity index (χ1) is 13.6. The van der Waals surface area contributed by atoms with Gasteiger partial charge in [-0.1, -0.05) is 31.2 Å². The molecule has 1 amide bonds. The number of aryl methyl sites for hydroxylation is 2. The van der Waals surface area contributed by atoms with Gasteiger partial charge in [-0.15, -0.1) is 0 Å². The molecule has 0 heterocycles. The van der Waals surface area contributed by atoms with Gasteiger partial charge in [-0.25, -0.2) is 8.42 Å². The fourth-order valence-corrected chi connectivity index (χ4v) is 4.57. The van der Waals surface area contributed by atoms with Gasteiger partial charge in [0.1, 0.15) is 11.8 Å². The number of hydrogen-bond donors (Lipinski definition) is 1. The summed E-state index contributed by atoms with van der Waals surface area (Å²) in [4.78, 5) is 13.0. The lowest BCUT2D eigenvalue weighted by molar-refractivity contribution is -0.122. The molecule has 0 aromatic heterocycles. The molecule has 0 saturated heterocycles. The molecule has 0 saturated carbocycles. The summed E-state index contributed by atoms with van der Waals surface area (Å²) >= 11 is 0. The van der Waals surface area contributed by atoms with E-state index in [1.54, 1.807) is 32.2 Å². The summed E-state index contributed by atoms with van der Waals surface area (Å²) in [5.74, 6) is 0.434. The van der Waals surface area contributed by atoms with Crippen LogP contribution >= 0.6 is 0 Å². The van der Waals surface area contributed by atoms with Crippen molar-refractivity contribution < 1.29 is 17.9 Å². The number of methoxy groups -OCH3 is 1. The highest BCUT2D eigenvalue weighted by atomic mass is 32.2. The molecule has 0 aliphatic rings. The monoisotopic (exact) mass is 418 g/mol. The largest absolute Gasteiger partial charge is 0.496 e. The van der Waals surface area contributed by atoms with Gasteiger partial charge in [0.2, 0.25) is 15.9 Å². The highest BCUT2D eigenvalue weighted by Gasteiger charge is 2.30. The van der Waals surface area contributed by atoms with Crippen molar-refractivity contribution >= 4 is 21.6 Å². The first-order valence-electron chi connectivity index (χ1n) is 9.59. The molecule has 2 unspecified atom stereocenters. The van der Waals surface area contributed by atoms with Crippen molar-refractivity contribution in [3.63, 3.8) is 0 Å². The summed E-state index contributed by atoms with van der Waals surface area (Å²) in [6.07, 6.45) is 1.79. The number of benzene rings is 2. The third kappa shape index (κ3) is 5.50. The van der Waals surface area contributed by atoms with Crippen LogP contribution in [0.15, 0.2) is 42.5 Å². The van der Waals surface area contributed by atoms with E-state index >= 15 is 0 Å². The zero-order valence-corrected chi connectivity index (χ0v) is 18.7. The lowest BCUT2D eigenvalue weighted by atomic mass is 10.0. The Bertz CT molecular complexity index is 973. The number of nitrogens with one attached hydrogen (secondary N) is 1. The van der Waals surface area contributed by atoms with Crippen LogP contribution in [0.25, 0.3) is 0 Å². The van der Waals surface area contributed by atoms with E-state index in [0.29, 0.717) is 12.1 Å². The smallest absolute Gasteiger partial charge is 0.244 e. The predicted molar refractivity (Wildman–Crippen MR) is 117 cm³/mol. The molecule has 0 bridgehead atoms. The molecule has 2 rings (SSSR count). The van der Waals surface area contributed by atoms with Crippen molar-refractivity contribution in [2.24, 2.45) is 0 Å². The second kappa shape index (κ2) is 9.31. The molecule has 0 aliphatic carbocycles. The quantitative estimate of drug-likeness (QED) is 0.709. The zero-order valence-electron chi connectivity index (χ0n) is 17.9. The van der Waals surface area contributed by atoms with Crippen LogP contribution in [0.4, 0.5) is 5.69 Å². The summed E-state index contributed by atoms with van der Waals surface area (Å²) in [5, 5.41) is 3.00. The van der Waals surface area contributed by atoms with Crippen LogP contribution in [-0.2, 0) is 14.8 Å². The number of carbonyl (C=O) groups is 1. The molecule has 0 fully saturated rings. The van der Waals surface area contributed by atoms with Gasteiger partial charge in [0.25, 0.3) is 0 Å². The molecule has 0 aliphatic heterocycles. The summed E-state index contributed by atoms with van der Waals surface area (Å²) in [6, 6.07) is 11.8. The van der Waals surface area contributed by atoms with Crippen molar-refractivity contribution in [1.29, 1.82) is 0 Å². The normalized spacial score (nSPS) is 13.4. The minimum atomic E-state index is -3.65. The van der Waals surface area contributed by atoms with Crippen LogP contribution in [0.3, 0.4) is 0 Å². The molecular formula is C22H30N2O4S. The van der Waals surface area contributed by atoms with Crippen LogP contribution in [0.5, 0.6) is 5.75 Å². The van der Waals surface area contributed by atoms with Crippen molar-refractivity contribution in [3.8, 4) is 5.75 Å². The van der Waals surface area contributed by atoms with Crippen molar-refractivity contribution in [3.05, 3.63) is 59.2 Å². The van der Waals surface area contributed by atoms with Crippen LogP contribution in [-0.4, -0.2) is 33.7 Å². The number of hydrogen-bond acceptors (Lipinski definition) is 4. The molecule has 29 heavy (non-hydrogen) atoms. The van der Waals surface area contributed by atoms with Gasteiger partial charge in [-0.3, -0.25) is 9.10 Å². The molecule has 0 radical (unpaired) electrons. The number of amides is 1. The minimum absolute atomic E-state index is 0.228. The Morgan fingerprint density at radius 3 is 2.38 bits per heavy atom. The van der Waals surface area contributed by atoms with Gasteiger partial charge in [-0.2, -0.15) is 0 Å². The Morgan fingerprint density at radius 1 is 1.17 bits per heavy atom. The van der Waals surface area contributed by atoms with Crippen LogP contribution in [0.1, 0.15) is 43.0 Å². The summed E-state index contributed by atoms with van der Waals surface area (Å²) in [5.41, 5.74) is 3.32. The third-order valence-electron chi connectivity index (χ3n) is 4.89. The van der Waals surface area contributed by atoms with Crippen LogP contribution in [0.2, 0.25) is 0 Å². The Morgan fingerprint density at radius 2 is 1.86 bits per heavy atom. The topological polar surface area (TPSA) is 75.7 Å². The predicted octanol–water partition coefficient (Wildman–Crippen LogP) is 3.73. The Hall–Kier alpha value is -2.54. The lowest BCUT2D eigenvalue weighted by Crippen LogP contribution is -2.48. The van der Waals surface area contributed by atoms with Crippen molar-refractivity contribution in [2.45, 2.75) is 46.2 Å². The standard InChI is InChI=1S/C22H30N2O4S/c1-7-20(18-11-12-21(28-5)16(3)14-18)23-22(25)17(4)24(29(6,26)27)19-10-8-9-15(2)13-19/h8-14,17,20H,7H2,1-6H3,(H,23,25). The summed E-state index contributed by atoms with van der Waals surface area (Å²) in [6.45, 7) is 7.41. The number of ether oxygens (including phenoxy) is 1. The maximum atomic E-state index is 13.0. The highest BCUT2D eigenvalue weighted by molar-refractivity contribution is 7.92. The van der Waals surface area contributed by atoms with Crippen molar-refractivity contribution in [2.75, 3.05) is 17.7 Å². The molecule has 1 N–H and O–H groups in total. The molecular weight excluding hydrogens is 388 g/mol.